The maximum Gasteiger partial charge on any atom is 0.269 e. The third-order valence-corrected chi connectivity index (χ3v) is 6.55. The normalized spacial score (nSPS) is 11.1. The fraction of sp³-hybridized carbons (Fsp3) is 0.300. The van der Waals surface area contributed by atoms with Crippen LogP contribution >= 0.6 is 0 Å². The summed E-state index contributed by atoms with van der Waals surface area (Å²) in [6.45, 7) is 2.66. The number of hydrogen-bond acceptors (Lipinski definition) is 7. The molecule has 0 radical (unpaired) electrons. The highest BCUT2D eigenvalue weighted by molar-refractivity contribution is 6.14. The number of para-hydroxylation sites is 2. The molecule has 208 valence electrons. The van der Waals surface area contributed by atoms with Crippen molar-refractivity contribution in [3.05, 3.63) is 88.0 Å². The van der Waals surface area contributed by atoms with Gasteiger partial charge in [0.2, 0.25) is 0 Å². The zero-order valence-electron chi connectivity index (χ0n) is 22.8. The van der Waals surface area contributed by atoms with Gasteiger partial charge in [0, 0.05) is 48.1 Å². The minimum Gasteiger partial charge on any atom is -0.384 e. The number of nitrogens with zero attached hydrogens (tertiary/aromatic N) is 3. The monoisotopic (exact) mass is 542 g/mol. The number of hydrogen-bond donors (Lipinski definition) is 3. The fourth-order valence-electron chi connectivity index (χ4n) is 4.48. The van der Waals surface area contributed by atoms with E-state index >= 15 is 0 Å². The van der Waals surface area contributed by atoms with E-state index in [2.05, 4.69) is 34.9 Å². The zero-order chi connectivity index (χ0) is 28.5. The summed E-state index contributed by atoms with van der Waals surface area (Å²) in [5.74, 6) is -0.485. The van der Waals surface area contributed by atoms with Crippen LogP contribution in [0.25, 0.3) is 21.8 Å². The maximum absolute atomic E-state index is 13.1. The molecule has 10 nitrogen and oxygen atoms in total. The molecule has 1 aromatic heterocycles. The van der Waals surface area contributed by atoms with E-state index in [1.807, 2.05) is 36.4 Å². The Balaban J connectivity index is 1.35. The highest BCUT2D eigenvalue weighted by Gasteiger charge is 2.16. The SMILES string of the molecule is CN(C)CCCNc1c2ccccc2nc2c(C(=O)NCCCCNC(=O)c3ccc([N+](=O)[O-])cc3)cccc12. The lowest BCUT2D eigenvalue weighted by atomic mass is 10.0. The molecule has 0 saturated carbocycles. The van der Waals surface area contributed by atoms with Gasteiger partial charge in [0.1, 0.15) is 0 Å². The van der Waals surface area contributed by atoms with Crippen molar-refractivity contribution in [2.24, 2.45) is 0 Å². The number of fused-ring (bicyclic) bond motifs is 2. The summed E-state index contributed by atoms with van der Waals surface area (Å²) in [5, 5.41) is 22.1. The van der Waals surface area contributed by atoms with Crippen LogP contribution in [-0.4, -0.2) is 66.9 Å². The molecule has 40 heavy (non-hydrogen) atoms. The number of anilines is 1. The van der Waals surface area contributed by atoms with E-state index in [1.165, 1.54) is 24.3 Å². The van der Waals surface area contributed by atoms with Gasteiger partial charge >= 0.3 is 0 Å². The molecule has 0 aliphatic carbocycles. The Kier molecular flexibility index (Phi) is 9.58. The van der Waals surface area contributed by atoms with Crippen molar-refractivity contribution < 1.29 is 14.5 Å². The van der Waals surface area contributed by atoms with Crippen molar-refractivity contribution in [3.8, 4) is 0 Å². The lowest BCUT2D eigenvalue weighted by Crippen LogP contribution is -2.27. The first kappa shape index (κ1) is 28.4. The van der Waals surface area contributed by atoms with Crippen LogP contribution in [0.3, 0.4) is 0 Å². The average molecular weight is 543 g/mol. The van der Waals surface area contributed by atoms with Crippen molar-refractivity contribution >= 4 is 45.0 Å². The largest absolute Gasteiger partial charge is 0.384 e. The van der Waals surface area contributed by atoms with Gasteiger partial charge in [-0.25, -0.2) is 4.98 Å². The predicted octanol–water partition coefficient (Wildman–Crippen LogP) is 4.60. The lowest BCUT2D eigenvalue weighted by Gasteiger charge is -2.16. The molecule has 3 aromatic carbocycles. The molecule has 1 heterocycles. The van der Waals surface area contributed by atoms with Gasteiger partial charge in [-0.2, -0.15) is 0 Å². The Bertz CT molecular complexity index is 1500. The Morgan fingerprint density at radius 1 is 0.825 bits per heavy atom. The van der Waals surface area contributed by atoms with Crippen LogP contribution in [0.5, 0.6) is 0 Å². The van der Waals surface area contributed by atoms with Crippen molar-refractivity contribution in [3.63, 3.8) is 0 Å². The Hall–Kier alpha value is -4.57. The first-order valence-electron chi connectivity index (χ1n) is 13.4. The molecule has 0 saturated heterocycles. The molecule has 0 spiro atoms. The summed E-state index contributed by atoms with van der Waals surface area (Å²) in [6, 6.07) is 19.1. The summed E-state index contributed by atoms with van der Waals surface area (Å²) in [4.78, 5) is 42.6. The van der Waals surface area contributed by atoms with E-state index in [4.69, 9.17) is 4.98 Å². The third kappa shape index (κ3) is 7.09. The number of nitro benzene ring substituents is 1. The standard InChI is InChI=1S/C30H34N6O4/c1-35(2)20-8-19-31-27-23-9-3-4-12-26(23)34-28-24(27)10-7-11-25(28)30(38)33-18-6-5-17-32-29(37)21-13-15-22(16-14-21)36(39)40/h3-4,7,9-16H,5-6,8,17-20H2,1-2H3,(H,31,34)(H,32,37)(H,33,38). The summed E-state index contributed by atoms with van der Waals surface area (Å²) in [7, 11) is 4.11. The second-order valence-electron chi connectivity index (χ2n) is 9.81. The number of benzene rings is 3. The van der Waals surface area contributed by atoms with Gasteiger partial charge in [0.25, 0.3) is 17.5 Å². The molecular weight excluding hydrogens is 508 g/mol. The van der Waals surface area contributed by atoms with Gasteiger partial charge in [0.15, 0.2) is 0 Å². The van der Waals surface area contributed by atoms with E-state index < -0.39 is 4.92 Å². The van der Waals surface area contributed by atoms with Gasteiger partial charge in [-0.3, -0.25) is 19.7 Å². The third-order valence-electron chi connectivity index (χ3n) is 6.55. The summed E-state index contributed by atoms with van der Waals surface area (Å²) in [6.07, 6.45) is 2.32. The van der Waals surface area contributed by atoms with Gasteiger partial charge in [-0.15, -0.1) is 0 Å². The van der Waals surface area contributed by atoms with Gasteiger partial charge in [0.05, 0.1) is 27.2 Å². The molecule has 0 unspecified atom stereocenters. The van der Waals surface area contributed by atoms with E-state index in [9.17, 15) is 19.7 Å². The van der Waals surface area contributed by atoms with E-state index in [-0.39, 0.29) is 17.5 Å². The maximum atomic E-state index is 13.1. The first-order chi connectivity index (χ1) is 19.3. The van der Waals surface area contributed by atoms with Crippen LogP contribution in [0.1, 0.15) is 40.0 Å². The van der Waals surface area contributed by atoms with E-state index in [1.54, 1.807) is 6.07 Å². The second kappa shape index (κ2) is 13.5. The number of nitro groups is 1. The molecule has 0 fully saturated rings. The molecule has 10 heteroatoms. The number of nitrogens with one attached hydrogen (secondary N) is 3. The van der Waals surface area contributed by atoms with E-state index in [0.717, 1.165) is 41.5 Å². The number of carbonyl (C=O) groups is 2. The van der Waals surface area contributed by atoms with Gasteiger partial charge < -0.3 is 20.9 Å². The Morgan fingerprint density at radius 2 is 1.50 bits per heavy atom. The Labute approximate surface area is 232 Å². The fourth-order valence-corrected chi connectivity index (χ4v) is 4.48. The smallest absolute Gasteiger partial charge is 0.269 e. The quantitative estimate of drug-likeness (QED) is 0.0974. The van der Waals surface area contributed by atoms with Crippen LogP contribution < -0.4 is 16.0 Å². The van der Waals surface area contributed by atoms with Crippen molar-refractivity contribution in [1.82, 2.24) is 20.5 Å². The number of unbranched alkanes of at least 4 members (excludes halogenated alkanes) is 1. The topological polar surface area (TPSA) is 130 Å². The Morgan fingerprint density at radius 3 is 2.20 bits per heavy atom. The number of pyridine rings is 1. The van der Waals surface area contributed by atoms with Crippen LogP contribution in [0.15, 0.2) is 66.7 Å². The van der Waals surface area contributed by atoms with Crippen molar-refractivity contribution in [2.45, 2.75) is 19.3 Å². The van der Waals surface area contributed by atoms with Gasteiger partial charge in [-0.05, 0) is 64.2 Å². The first-order valence-corrected chi connectivity index (χ1v) is 13.4. The number of aromatic nitrogens is 1. The highest BCUT2D eigenvalue weighted by Crippen LogP contribution is 2.32. The minimum absolute atomic E-state index is 0.0608. The predicted molar refractivity (Wildman–Crippen MR) is 158 cm³/mol. The van der Waals surface area contributed by atoms with Crippen LogP contribution in [-0.2, 0) is 0 Å². The molecule has 0 aliphatic rings. The van der Waals surface area contributed by atoms with Crippen LogP contribution in [0.2, 0.25) is 0 Å². The molecule has 4 rings (SSSR count). The lowest BCUT2D eigenvalue weighted by molar-refractivity contribution is -0.384. The van der Waals surface area contributed by atoms with Crippen molar-refractivity contribution in [1.29, 1.82) is 0 Å². The number of rotatable bonds is 13. The molecule has 2 amide bonds. The summed E-state index contributed by atoms with van der Waals surface area (Å²) >= 11 is 0. The number of non-ortho nitro benzene ring substituents is 1. The molecule has 0 bridgehead atoms. The minimum atomic E-state index is -0.504. The second-order valence-corrected chi connectivity index (χ2v) is 9.81. The zero-order valence-corrected chi connectivity index (χ0v) is 22.8. The molecule has 0 atom stereocenters. The van der Waals surface area contributed by atoms with E-state index in [0.29, 0.717) is 42.6 Å². The average Bonchev–Trinajstić information content (AvgIpc) is 2.95. The number of amides is 2. The number of carbonyl (C=O) groups excluding carboxylic acids is 2. The molecule has 3 N–H and O–H groups in total. The molecule has 4 aromatic rings. The molecular formula is C30H34N6O4. The van der Waals surface area contributed by atoms with Gasteiger partial charge in [-0.1, -0.05) is 30.3 Å². The summed E-state index contributed by atoms with van der Waals surface area (Å²) < 4.78 is 0. The van der Waals surface area contributed by atoms with Crippen LogP contribution in [0, 0.1) is 10.1 Å². The van der Waals surface area contributed by atoms with Crippen LogP contribution in [0.4, 0.5) is 11.4 Å². The highest BCUT2D eigenvalue weighted by atomic mass is 16.6. The molecule has 0 aliphatic heterocycles. The van der Waals surface area contributed by atoms with Crippen molar-refractivity contribution in [2.75, 3.05) is 45.6 Å². The summed E-state index contributed by atoms with van der Waals surface area (Å²) in [5.41, 5.74) is 3.29.